The number of carbonyl (C=O) groups excluding carboxylic acids is 1. The van der Waals surface area contributed by atoms with Gasteiger partial charge in [-0.25, -0.2) is 4.68 Å². The fourth-order valence-corrected chi connectivity index (χ4v) is 4.43. The Morgan fingerprint density at radius 3 is 2.57 bits per heavy atom. The molecule has 3 heterocycles. The number of piperidine rings is 1. The van der Waals surface area contributed by atoms with Crippen LogP contribution < -0.4 is 10.5 Å². The first-order valence-corrected chi connectivity index (χ1v) is 10.9. The number of rotatable bonds is 6. The number of hydrogen-bond acceptors (Lipinski definition) is 5. The lowest BCUT2D eigenvalue weighted by molar-refractivity contribution is -0.134. The van der Waals surface area contributed by atoms with Gasteiger partial charge in [-0.2, -0.15) is 5.10 Å². The van der Waals surface area contributed by atoms with Crippen LogP contribution in [-0.2, 0) is 11.3 Å². The molecule has 0 N–H and O–H groups in total. The van der Waals surface area contributed by atoms with Gasteiger partial charge in [0.15, 0.2) is 0 Å². The van der Waals surface area contributed by atoms with Crippen molar-refractivity contribution in [2.45, 2.75) is 45.6 Å². The molecule has 0 radical (unpaired) electrons. The Hall–Kier alpha value is -1.89. The number of anilines is 1. The molecule has 1 atom stereocenters. The predicted molar refractivity (Wildman–Crippen MR) is 109 cm³/mol. The van der Waals surface area contributed by atoms with E-state index in [0.717, 1.165) is 70.9 Å². The first kappa shape index (κ1) is 19.4. The molecule has 1 aromatic rings. The van der Waals surface area contributed by atoms with E-state index in [9.17, 15) is 9.59 Å². The van der Waals surface area contributed by atoms with Crippen molar-refractivity contribution in [2.24, 2.45) is 11.8 Å². The van der Waals surface area contributed by atoms with Gasteiger partial charge in [-0.05, 0) is 44.1 Å². The standard InChI is InChI=1S/C21H33N5O2/c1-2-23-8-10-24(11-9-23)20(27)12-18-4-3-7-25(15-18)19-13-21(28)26(22-14-19)16-17-5-6-17/h13-14,17-18H,2-12,15-16H2,1H3. The lowest BCUT2D eigenvalue weighted by Gasteiger charge is -2.37. The topological polar surface area (TPSA) is 61.7 Å². The van der Waals surface area contributed by atoms with E-state index in [4.69, 9.17) is 0 Å². The van der Waals surface area contributed by atoms with Gasteiger partial charge >= 0.3 is 0 Å². The van der Waals surface area contributed by atoms with Gasteiger partial charge < -0.3 is 14.7 Å². The number of amides is 1. The molecule has 1 aliphatic carbocycles. The lowest BCUT2D eigenvalue weighted by atomic mass is 9.93. The Bertz CT molecular complexity index is 737. The molecule has 7 heteroatoms. The molecule has 0 bridgehead atoms. The van der Waals surface area contributed by atoms with Gasteiger partial charge in [0.2, 0.25) is 5.91 Å². The average Bonchev–Trinajstić information content (AvgIpc) is 3.54. The SMILES string of the molecule is CCN1CCN(C(=O)CC2CCCN(c3cnn(CC4CC4)c(=O)c3)C2)CC1. The highest BCUT2D eigenvalue weighted by Gasteiger charge is 2.27. The summed E-state index contributed by atoms with van der Waals surface area (Å²) >= 11 is 0. The van der Waals surface area contributed by atoms with Crippen LogP contribution in [0.2, 0.25) is 0 Å². The molecule has 1 amide bonds. The monoisotopic (exact) mass is 387 g/mol. The normalized spacial score (nSPS) is 23.8. The average molecular weight is 388 g/mol. The second kappa shape index (κ2) is 8.64. The number of piperazine rings is 1. The smallest absolute Gasteiger partial charge is 0.268 e. The van der Waals surface area contributed by atoms with Crippen LogP contribution in [-0.4, -0.2) is 71.3 Å². The minimum atomic E-state index is -0.00334. The zero-order valence-electron chi connectivity index (χ0n) is 17.1. The summed E-state index contributed by atoms with van der Waals surface area (Å²) in [5, 5.41) is 4.39. The predicted octanol–water partition coefficient (Wildman–Crippen LogP) is 1.42. The maximum atomic E-state index is 12.7. The summed E-state index contributed by atoms with van der Waals surface area (Å²) in [6.45, 7) is 9.45. The molecule has 3 aliphatic rings. The van der Waals surface area contributed by atoms with Crippen LogP contribution >= 0.6 is 0 Å². The maximum Gasteiger partial charge on any atom is 0.268 e. The Morgan fingerprint density at radius 2 is 1.89 bits per heavy atom. The molecule has 4 rings (SSSR count). The molecule has 1 saturated carbocycles. The summed E-state index contributed by atoms with van der Waals surface area (Å²) in [5.74, 6) is 1.29. The van der Waals surface area contributed by atoms with Gasteiger partial charge in [-0.15, -0.1) is 0 Å². The first-order chi connectivity index (χ1) is 13.6. The van der Waals surface area contributed by atoms with E-state index in [1.807, 2.05) is 11.1 Å². The van der Waals surface area contributed by atoms with Crippen molar-refractivity contribution in [3.05, 3.63) is 22.6 Å². The van der Waals surface area contributed by atoms with E-state index in [1.165, 1.54) is 12.8 Å². The van der Waals surface area contributed by atoms with Crippen LogP contribution in [0.1, 0.15) is 39.0 Å². The van der Waals surface area contributed by atoms with Gasteiger partial charge in [-0.1, -0.05) is 6.92 Å². The third-order valence-corrected chi connectivity index (χ3v) is 6.50. The van der Waals surface area contributed by atoms with Gasteiger partial charge in [0.25, 0.3) is 5.56 Å². The number of carbonyl (C=O) groups is 1. The van der Waals surface area contributed by atoms with E-state index in [2.05, 4.69) is 21.8 Å². The molecule has 2 aliphatic heterocycles. The van der Waals surface area contributed by atoms with Crippen LogP contribution in [0.5, 0.6) is 0 Å². The Kier molecular flexibility index (Phi) is 5.99. The summed E-state index contributed by atoms with van der Waals surface area (Å²) < 4.78 is 1.60. The van der Waals surface area contributed by atoms with Crippen LogP contribution in [0.3, 0.4) is 0 Å². The van der Waals surface area contributed by atoms with Crippen LogP contribution in [0.25, 0.3) is 0 Å². The summed E-state index contributed by atoms with van der Waals surface area (Å²) in [4.78, 5) is 31.8. The van der Waals surface area contributed by atoms with Gasteiger partial charge in [0.05, 0.1) is 11.9 Å². The largest absolute Gasteiger partial charge is 0.370 e. The molecule has 1 aromatic heterocycles. The van der Waals surface area contributed by atoms with Crippen molar-refractivity contribution in [2.75, 3.05) is 50.7 Å². The maximum absolute atomic E-state index is 12.7. The summed E-state index contributed by atoms with van der Waals surface area (Å²) in [7, 11) is 0. The van der Waals surface area contributed by atoms with Crippen molar-refractivity contribution in [1.82, 2.24) is 19.6 Å². The summed E-state index contributed by atoms with van der Waals surface area (Å²) in [5.41, 5.74) is 0.905. The van der Waals surface area contributed by atoms with E-state index in [-0.39, 0.29) is 5.56 Å². The van der Waals surface area contributed by atoms with E-state index in [1.54, 1.807) is 10.7 Å². The molecular formula is C21H33N5O2. The third kappa shape index (κ3) is 4.74. The second-order valence-electron chi connectivity index (χ2n) is 8.65. The molecule has 28 heavy (non-hydrogen) atoms. The Labute approximate surface area is 167 Å². The molecule has 0 spiro atoms. The minimum absolute atomic E-state index is 0.00334. The highest BCUT2D eigenvalue weighted by Crippen LogP contribution is 2.30. The molecule has 7 nitrogen and oxygen atoms in total. The Balaban J connectivity index is 1.32. The third-order valence-electron chi connectivity index (χ3n) is 6.50. The molecule has 2 saturated heterocycles. The fourth-order valence-electron chi connectivity index (χ4n) is 4.43. The second-order valence-corrected chi connectivity index (χ2v) is 8.65. The van der Waals surface area contributed by atoms with E-state index >= 15 is 0 Å². The minimum Gasteiger partial charge on any atom is -0.370 e. The molecule has 0 aromatic carbocycles. The van der Waals surface area contributed by atoms with Gasteiger partial charge in [0, 0.05) is 58.3 Å². The van der Waals surface area contributed by atoms with Crippen molar-refractivity contribution in [1.29, 1.82) is 0 Å². The number of hydrogen-bond donors (Lipinski definition) is 0. The zero-order valence-corrected chi connectivity index (χ0v) is 17.1. The molecule has 154 valence electrons. The molecule has 3 fully saturated rings. The summed E-state index contributed by atoms with van der Waals surface area (Å²) in [6.07, 6.45) is 7.03. The number of aromatic nitrogens is 2. The molecule has 1 unspecified atom stereocenters. The summed E-state index contributed by atoms with van der Waals surface area (Å²) in [6, 6.07) is 1.73. The van der Waals surface area contributed by atoms with Crippen LogP contribution in [0.4, 0.5) is 5.69 Å². The van der Waals surface area contributed by atoms with Crippen molar-refractivity contribution in [3.8, 4) is 0 Å². The lowest BCUT2D eigenvalue weighted by Crippen LogP contribution is -2.49. The number of nitrogens with zero attached hydrogens (tertiary/aromatic N) is 5. The van der Waals surface area contributed by atoms with E-state index in [0.29, 0.717) is 24.2 Å². The molecular weight excluding hydrogens is 354 g/mol. The Morgan fingerprint density at radius 1 is 1.11 bits per heavy atom. The quantitative estimate of drug-likeness (QED) is 0.739. The van der Waals surface area contributed by atoms with Crippen LogP contribution in [0.15, 0.2) is 17.1 Å². The van der Waals surface area contributed by atoms with Crippen molar-refractivity contribution < 1.29 is 4.79 Å². The van der Waals surface area contributed by atoms with Gasteiger partial charge in [-0.3, -0.25) is 9.59 Å². The zero-order chi connectivity index (χ0) is 19.5. The first-order valence-electron chi connectivity index (χ1n) is 10.9. The fraction of sp³-hybridized carbons (Fsp3) is 0.762. The van der Waals surface area contributed by atoms with Crippen molar-refractivity contribution in [3.63, 3.8) is 0 Å². The van der Waals surface area contributed by atoms with Crippen molar-refractivity contribution >= 4 is 11.6 Å². The van der Waals surface area contributed by atoms with Gasteiger partial charge in [0.1, 0.15) is 0 Å². The van der Waals surface area contributed by atoms with E-state index < -0.39 is 0 Å². The number of likely N-dealkylation sites (N-methyl/N-ethyl adjacent to an activating group) is 1. The highest BCUT2D eigenvalue weighted by molar-refractivity contribution is 5.76. The van der Waals surface area contributed by atoms with Crippen LogP contribution in [0, 0.1) is 11.8 Å². The highest BCUT2D eigenvalue weighted by atomic mass is 16.2.